The van der Waals surface area contributed by atoms with Gasteiger partial charge in [-0.05, 0) is 61.9 Å². The zero-order valence-corrected chi connectivity index (χ0v) is 19.8. The summed E-state index contributed by atoms with van der Waals surface area (Å²) in [5, 5.41) is 0. The van der Waals surface area contributed by atoms with Crippen molar-refractivity contribution in [2.75, 3.05) is 24.5 Å². The maximum Gasteiger partial charge on any atom is 0.244 e. The molecule has 0 spiro atoms. The number of carbonyl (C=O) groups excluding carboxylic acids is 3. The van der Waals surface area contributed by atoms with Gasteiger partial charge < -0.3 is 4.90 Å². The molecular weight excluding hydrogens is 454 g/mol. The van der Waals surface area contributed by atoms with Gasteiger partial charge in [-0.1, -0.05) is 30.3 Å². The first kappa shape index (κ1) is 22.7. The molecule has 5 rings (SSSR count). The zero-order valence-electron chi connectivity index (χ0n) is 19.0. The number of rotatable bonds is 6. The summed E-state index contributed by atoms with van der Waals surface area (Å²) in [6, 6.07) is 14.2. The van der Waals surface area contributed by atoms with Crippen molar-refractivity contribution in [1.29, 1.82) is 0 Å². The van der Waals surface area contributed by atoms with E-state index in [1.165, 1.54) is 6.07 Å². The highest BCUT2D eigenvalue weighted by Gasteiger charge is 2.41. The lowest BCUT2D eigenvalue weighted by molar-refractivity contribution is -0.149. The Balaban J connectivity index is 1.31. The molecule has 0 unspecified atom stereocenters. The molecule has 2 fully saturated rings. The van der Waals surface area contributed by atoms with Crippen molar-refractivity contribution in [2.24, 2.45) is 5.92 Å². The largest absolute Gasteiger partial charge is 0.309 e. The maximum atomic E-state index is 13.3. The van der Waals surface area contributed by atoms with Crippen LogP contribution in [0.2, 0.25) is 0 Å². The van der Waals surface area contributed by atoms with Crippen LogP contribution in [0.3, 0.4) is 0 Å². The first-order valence-corrected chi connectivity index (χ1v) is 13.0. The van der Waals surface area contributed by atoms with Crippen molar-refractivity contribution in [2.45, 2.75) is 43.5 Å². The van der Waals surface area contributed by atoms with Crippen molar-refractivity contribution < 1.29 is 22.8 Å². The van der Waals surface area contributed by atoms with Crippen LogP contribution in [0.1, 0.15) is 30.9 Å². The number of hydrogen-bond acceptors (Lipinski definition) is 5. The Hall–Kier alpha value is -3.04. The van der Waals surface area contributed by atoms with Crippen LogP contribution in [0.15, 0.2) is 53.4 Å². The van der Waals surface area contributed by atoms with E-state index in [1.807, 2.05) is 37.3 Å². The summed E-state index contributed by atoms with van der Waals surface area (Å²) < 4.78 is 27.6. The Morgan fingerprint density at radius 3 is 2.32 bits per heavy atom. The third-order valence-electron chi connectivity index (χ3n) is 6.76. The highest BCUT2D eigenvalue weighted by atomic mass is 32.2. The zero-order chi connectivity index (χ0) is 24.0. The number of imide groups is 1. The second kappa shape index (κ2) is 8.63. The van der Waals surface area contributed by atoms with Gasteiger partial charge in [-0.3, -0.25) is 19.3 Å². The van der Waals surface area contributed by atoms with Crippen molar-refractivity contribution >= 4 is 33.4 Å². The fraction of sp³-hybridized carbons (Fsp3) is 0.400. The fourth-order valence-electron chi connectivity index (χ4n) is 4.75. The molecule has 1 aliphatic carbocycles. The van der Waals surface area contributed by atoms with Crippen LogP contribution < -0.4 is 4.90 Å². The third-order valence-corrected chi connectivity index (χ3v) is 8.55. The molecular formula is C25H27N3O5S. The van der Waals surface area contributed by atoms with Crippen molar-refractivity contribution in [1.82, 2.24) is 9.21 Å². The SMILES string of the molecule is C[C@H]1Cc2cc(S(=O)(=O)N3CC(=O)N(CCc4ccccc4)C(=O)C3)ccc2N1C(=O)C1CC1. The highest BCUT2D eigenvalue weighted by Crippen LogP contribution is 2.39. The lowest BCUT2D eigenvalue weighted by atomic mass is 10.1. The normalized spacial score (nSPS) is 21.1. The van der Waals surface area contributed by atoms with Crippen LogP contribution in [-0.4, -0.2) is 61.0 Å². The van der Waals surface area contributed by atoms with Gasteiger partial charge in [0.25, 0.3) is 0 Å². The predicted octanol–water partition coefficient (Wildman–Crippen LogP) is 1.98. The van der Waals surface area contributed by atoms with Gasteiger partial charge in [0.15, 0.2) is 0 Å². The van der Waals surface area contributed by atoms with E-state index >= 15 is 0 Å². The van der Waals surface area contributed by atoms with Crippen LogP contribution >= 0.6 is 0 Å². The molecule has 2 aromatic carbocycles. The van der Waals surface area contributed by atoms with Crippen LogP contribution in [-0.2, 0) is 37.2 Å². The van der Waals surface area contributed by atoms with E-state index in [0.717, 1.165) is 38.9 Å². The van der Waals surface area contributed by atoms with Crippen LogP contribution in [0.4, 0.5) is 5.69 Å². The number of nitrogens with zero attached hydrogens (tertiary/aromatic N) is 3. The van der Waals surface area contributed by atoms with Crippen LogP contribution in [0, 0.1) is 5.92 Å². The van der Waals surface area contributed by atoms with Gasteiger partial charge in [0.2, 0.25) is 27.7 Å². The molecule has 0 radical (unpaired) electrons. The Morgan fingerprint density at radius 1 is 1.00 bits per heavy atom. The second-order valence-corrected chi connectivity index (χ2v) is 11.2. The first-order valence-electron chi connectivity index (χ1n) is 11.6. The van der Waals surface area contributed by atoms with Gasteiger partial charge in [-0.15, -0.1) is 0 Å². The minimum Gasteiger partial charge on any atom is -0.309 e. The average molecular weight is 482 g/mol. The summed E-state index contributed by atoms with van der Waals surface area (Å²) in [4.78, 5) is 41.0. The Labute approximate surface area is 199 Å². The molecule has 2 aromatic rings. The molecule has 0 N–H and O–H groups in total. The smallest absolute Gasteiger partial charge is 0.244 e. The van der Waals surface area contributed by atoms with Gasteiger partial charge in [-0.25, -0.2) is 8.42 Å². The van der Waals surface area contributed by atoms with E-state index in [9.17, 15) is 22.8 Å². The van der Waals surface area contributed by atoms with Crippen molar-refractivity contribution in [3.63, 3.8) is 0 Å². The molecule has 2 aliphatic heterocycles. The van der Waals surface area contributed by atoms with E-state index < -0.39 is 21.8 Å². The molecule has 1 saturated heterocycles. The van der Waals surface area contributed by atoms with Gasteiger partial charge in [0.1, 0.15) is 0 Å². The van der Waals surface area contributed by atoms with E-state index in [2.05, 4.69) is 0 Å². The van der Waals surface area contributed by atoms with E-state index in [0.29, 0.717) is 12.8 Å². The Bertz CT molecular complexity index is 1240. The Kier molecular flexibility index (Phi) is 5.77. The topological polar surface area (TPSA) is 95.1 Å². The van der Waals surface area contributed by atoms with E-state index in [-0.39, 0.29) is 42.4 Å². The fourth-order valence-corrected chi connectivity index (χ4v) is 6.14. The molecule has 1 saturated carbocycles. The summed E-state index contributed by atoms with van der Waals surface area (Å²) >= 11 is 0. The summed E-state index contributed by atoms with van der Waals surface area (Å²) in [5.41, 5.74) is 2.54. The second-order valence-electron chi connectivity index (χ2n) is 9.27. The summed E-state index contributed by atoms with van der Waals surface area (Å²) in [6.07, 6.45) is 2.90. The predicted molar refractivity (Wildman–Crippen MR) is 125 cm³/mol. The monoisotopic (exact) mass is 481 g/mol. The molecule has 0 bridgehead atoms. The van der Waals surface area contributed by atoms with Gasteiger partial charge in [0.05, 0.1) is 18.0 Å². The number of anilines is 1. The minimum absolute atomic E-state index is 0.0302. The number of hydrogen-bond donors (Lipinski definition) is 0. The quantitative estimate of drug-likeness (QED) is 0.588. The molecule has 1 atom stereocenters. The molecule has 9 heteroatoms. The first-order chi connectivity index (χ1) is 16.3. The number of benzene rings is 2. The van der Waals surface area contributed by atoms with E-state index in [4.69, 9.17) is 0 Å². The van der Waals surface area contributed by atoms with Gasteiger partial charge in [-0.2, -0.15) is 4.31 Å². The maximum absolute atomic E-state index is 13.3. The molecule has 2 heterocycles. The van der Waals surface area contributed by atoms with E-state index in [1.54, 1.807) is 17.0 Å². The lowest BCUT2D eigenvalue weighted by Crippen LogP contribution is -2.55. The molecule has 3 amide bonds. The van der Waals surface area contributed by atoms with Gasteiger partial charge >= 0.3 is 0 Å². The summed E-state index contributed by atoms with van der Waals surface area (Å²) in [7, 11) is -4.04. The standard InChI is InChI=1S/C25H27N3O5S/c1-17-13-20-14-21(9-10-22(20)28(17)25(31)19-7-8-19)34(32,33)26-15-23(29)27(24(30)16-26)12-11-18-5-3-2-4-6-18/h2-6,9-10,14,17,19H,7-8,11-13,15-16H2,1H3/t17-/m0/s1. The Morgan fingerprint density at radius 2 is 1.68 bits per heavy atom. The summed E-state index contributed by atoms with van der Waals surface area (Å²) in [5.74, 6) is -0.866. The molecule has 3 aliphatic rings. The molecule has 34 heavy (non-hydrogen) atoms. The number of carbonyl (C=O) groups is 3. The molecule has 0 aromatic heterocycles. The molecule has 8 nitrogen and oxygen atoms in total. The average Bonchev–Trinajstić information content (AvgIpc) is 3.60. The van der Waals surface area contributed by atoms with Gasteiger partial charge in [0, 0.05) is 24.2 Å². The summed E-state index contributed by atoms with van der Waals surface area (Å²) in [6.45, 7) is 1.43. The third kappa shape index (κ3) is 4.14. The number of piperazine rings is 1. The number of fused-ring (bicyclic) bond motifs is 1. The van der Waals surface area contributed by atoms with Crippen LogP contribution in [0.25, 0.3) is 0 Å². The lowest BCUT2D eigenvalue weighted by Gasteiger charge is -2.32. The highest BCUT2D eigenvalue weighted by molar-refractivity contribution is 7.89. The van der Waals surface area contributed by atoms with Crippen LogP contribution in [0.5, 0.6) is 0 Å². The number of amides is 3. The van der Waals surface area contributed by atoms with Crippen molar-refractivity contribution in [3.05, 3.63) is 59.7 Å². The van der Waals surface area contributed by atoms with Crippen molar-refractivity contribution in [3.8, 4) is 0 Å². The molecule has 178 valence electrons. The minimum atomic E-state index is -4.04. The number of sulfonamides is 1.